The molecule has 1 aliphatic heterocycles. The summed E-state index contributed by atoms with van der Waals surface area (Å²) in [6.45, 7) is 2.95. The topological polar surface area (TPSA) is 62.3 Å². The molecule has 6 heteroatoms. The van der Waals surface area contributed by atoms with Gasteiger partial charge in [-0.05, 0) is 31.9 Å². The molecule has 1 unspecified atom stereocenters. The molecular formula is C14H18ClN3O2. The fourth-order valence-electron chi connectivity index (χ4n) is 2.27. The van der Waals surface area contributed by atoms with Gasteiger partial charge in [-0.25, -0.2) is 0 Å². The number of amides is 2. The van der Waals surface area contributed by atoms with Crippen LogP contribution >= 0.6 is 11.6 Å². The molecule has 0 aromatic carbocycles. The average Bonchev–Trinajstić information content (AvgIpc) is 2.48. The average molecular weight is 296 g/mol. The van der Waals surface area contributed by atoms with Gasteiger partial charge in [-0.3, -0.25) is 14.6 Å². The Morgan fingerprint density at radius 2 is 1.95 bits per heavy atom. The second-order valence-electron chi connectivity index (χ2n) is 4.92. The summed E-state index contributed by atoms with van der Waals surface area (Å²) in [6, 6.07) is 3.47. The van der Waals surface area contributed by atoms with Crippen molar-refractivity contribution in [3.05, 3.63) is 30.1 Å². The zero-order valence-electron chi connectivity index (χ0n) is 11.4. The Labute approximate surface area is 123 Å². The predicted octanol–water partition coefficient (Wildman–Crippen LogP) is 1.43. The summed E-state index contributed by atoms with van der Waals surface area (Å²) in [5.41, 5.74) is 0.605. The van der Waals surface area contributed by atoms with Crippen LogP contribution in [0.5, 0.6) is 0 Å². The molecule has 1 atom stereocenters. The first-order valence-electron chi connectivity index (χ1n) is 6.71. The zero-order chi connectivity index (χ0) is 14.5. The van der Waals surface area contributed by atoms with E-state index < -0.39 is 5.38 Å². The van der Waals surface area contributed by atoms with Crippen LogP contribution < -0.4 is 5.32 Å². The molecule has 0 bridgehead atoms. The van der Waals surface area contributed by atoms with Gasteiger partial charge in [0.1, 0.15) is 5.38 Å². The van der Waals surface area contributed by atoms with E-state index in [1.165, 1.54) is 0 Å². The van der Waals surface area contributed by atoms with Crippen molar-refractivity contribution in [1.29, 1.82) is 0 Å². The Hall–Kier alpha value is -1.62. The van der Waals surface area contributed by atoms with Crippen LogP contribution in [0, 0.1) is 0 Å². The van der Waals surface area contributed by atoms with Crippen LogP contribution in [0.1, 0.15) is 30.1 Å². The number of carbonyl (C=O) groups is 2. The summed E-state index contributed by atoms with van der Waals surface area (Å²) in [5.74, 6) is -0.131. The number of hydrogen-bond donors (Lipinski definition) is 1. The summed E-state index contributed by atoms with van der Waals surface area (Å²) < 4.78 is 0. The molecule has 2 rings (SSSR count). The highest BCUT2D eigenvalue weighted by Gasteiger charge is 2.25. The van der Waals surface area contributed by atoms with Gasteiger partial charge in [0.25, 0.3) is 5.91 Å². The maximum atomic E-state index is 12.0. The van der Waals surface area contributed by atoms with Crippen LogP contribution in [0.3, 0.4) is 0 Å². The lowest BCUT2D eigenvalue weighted by molar-refractivity contribution is -0.131. The van der Waals surface area contributed by atoms with Crippen molar-refractivity contribution in [1.82, 2.24) is 15.2 Å². The number of likely N-dealkylation sites (tertiary alicyclic amines) is 1. The van der Waals surface area contributed by atoms with E-state index in [4.69, 9.17) is 11.6 Å². The van der Waals surface area contributed by atoms with Crippen molar-refractivity contribution in [3.8, 4) is 0 Å². The third-order valence-corrected chi connectivity index (χ3v) is 3.61. The highest BCUT2D eigenvalue weighted by Crippen LogP contribution is 2.13. The molecular weight excluding hydrogens is 278 g/mol. The quantitative estimate of drug-likeness (QED) is 0.858. The fraction of sp³-hybridized carbons (Fsp3) is 0.500. The molecule has 2 amide bonds. The van der Waals surface area contributed by atoms with Crippen molar-refractivity contribution in [2.24, 2.45) is 0 Å². The molecule has 1 aromatic rings. The summed E-state index contributed by atoms with van der Waals surface area (Å²) in [5, 5.41) is 2.50. The van der Waals surface area contributed by atoms with Gasteiger partial charge in [-0.1, -0.05) is 0 Å². The minimum absolute atomic E-state index is 0.0365. The summed E-state index contributed by atoms with van der Waals surface area (Å²) >= 11 is 5.80. The number of carbonyl (C=O) groups excluding carboxylic acids is 2. The second kappa shape index (κ2) is 6.70. The molecule has 0 saturated carbocycles. The molecule has 0 radical (unpaired) electrons. The van der Waals surface area contributed by atoms with Gasteiger partial charge in [0.15, 0.2) is 0 Å². The maximum absolute atomic E-state index is 12.0. The maximum Gasteiger partial charge on any atom is 0.251 e. The Morgan fingerprint density at radius 3 is 2.50 bits per heavy atom. The molecule has 1 aromatic heterocycles. The standard InChI is InChI=1S/C14H18ClN3O2/c1-10(15)14(20)18-8-4-12(5-9-18)17-13(19)11-2-6-16-7-3-11/h2-3,6-7,10,12H,4-5,8-9H2,1H3,(H,17,19). The van der Waals surface area contributed by atoms with E-state index in [1.807, 2.05) is 0 Å². The molecule has 1 aliphatic rings. The van der Waals surface area contributed by atoms with Crippen molar-refractivity contribution in [2.45, 2.75) is 31.2 Å². The fourth-order valence-corrected chi connectivity index (χ4v) is 2.41. The summed E-state index contributed by atoms with van der Waals surface area (Å²) in [6.07, 6.45) is 4.70. The third-order valence-electron chi connectivity index (χ3n) is 3.42. The number of rotatable bonds is 3. The van der Waals surface area contributed by atoms with Crippen molar-refractivity contribution in [2.75, 3.05) is 13.1 Å². The molecule has 5 nitrogen and oxygen atoms in total. The highest BCUT2D eigenvalue weighted by atomic mass is 35.5. The number of pyridine rings is 1. The van der Waals surface area contributed by atoms with E-state index in [2.05, 4.69) is 10.3 Å². The first kappa shape index (κ1) is 14.8. The molecule has 1 fully saturated rings. The molecule has 1 saturated heterocycles. The van der Waals surface area contributed by atoms with E-state index in [9.17, 15) is 9.59 Å². The third kappa shape index (κ3) is 3.70. The minimum Gasteiger partial charge on any atom is -0.349 e. The first-order chi connectivity index (χ1) is 9.58. The summed E-state index contributed by atoms with van der Waals surface area (Å²) in [7, 11) is 0. The Kier molecular flexibility index (Phi) is 4.95. The van der Waals surface area contributed by atoms with Gasteiger partial charge in [0.05, 0.1) is 0 Å². The molecule has 108 valence electrons. The van der Waals surface area contributed by atoms with Crippen molar-refractivity contribution < 1.29 is 9.59 Å². The minimum atomic E-state index is -0.488. The SMILES string of the molecule is CC(Cl)C(=O)N1CCC(NC(=O)c2ccncc2)CC1. The summed E-state index contributed by atoms with van der Waals surface area (Å²) in [4.78, 5) is 29.4. The molecule has 1 N–H and O–H groups in total. The van der Waals surface area contributed by atoms with Crippen LogP contribution in [0.4, 0.5) is 0 Å². The van der Waals surface area contributed by atoms with E-state index in [0.717, 1.165) is 12.8 Å². The lowest BCUT2D eigenvalue weighted by Crippen LogP contribution is -2.48. The van der Waals surface area contributed by atoms with Crippen LogP contribution in [-0.2, 0) is 4.79 Å². The number of halogens is 1. The van der Waals surface area contributed by atoms with Gasteiger partial charge >= 0.3 is 0 Å². The van der Waals surface area contributed by atoms with Gasteiger partial charge in [0.2, 0.25) is 5.91 Å². The molecule has 20 heavy (non-hydrogen) atoms. The van der Waals surface area contributed by atoms with Crippen molar-refractivity contribution in [3.63, 3.8) is 0 Å². The van der Waals surface area contributed by atoms with E-state index >= 15 is 0 Å². The molecule has 0 spiro atoms. The van der Waals surface area contributed by atoms with Gasteiger partial charge in [-0.2, -0.15) is 0 Å². The smallest absolute Gasteiger partial charge is 0.251 e. The number of hydrogen-bond acceptors (Lipinski definition) is 3. The van der Waals surface area contributed by atoms with E-state index in [0.29, 0.717) is 18.7 Å². The predicted molar refractivity (Wildman–Crippen MR) is 76.6 cm³/mol. The van der Waals surface area contributed by atoms with Crippen LogP contribution in [-0.4, -0.2) is 46.2 Å². The second-order valence-corrected chi connectivity index (χ2v) is 5.58. The lowest BCUT2D eigenvalue weighted by Gasteiger charge is -2.33. The van der Waals surface area contributed by atoms with E-state index in [1.54, 1.807) is 36.4 Å². The number of piperidine rings is 1. The van der Waals surface area contributed by atoms with Crippen LogP contribution in [0.2, 0.25) is 0 Å². The van der Waals surface area contributed by atoms with Gasteiger partial charge in [-0.15, -0.1) is 11.6 Å². The van der Waals surface area contributed by atoms with Crippen LogP contribution in [0.25, 0.3) is 0 Å². The highest BCUT2D eigenvalue weighted by molar-refractivity contribution is 6.30. The Morgan fingerprint density at radius 1 is 1.35 bits per heavy atom. The lowest BCUT2D eigenvalue weighted by atomic mass is 10.0. The van der Waals surface area contributed by atoms with Crippen molar-refractivity contribution >= 4 is 23.4 Å². The van der Waals surface area contributed by atoms with Crippen LogP contribution in [0.15, 0.2) is 24.5 Å². The molecule has 2 heterocycles. The largest absolute Gasteiger partial charge is 0.349 e. The van der Waals surface area contributed by atoms with Gasteiger partial charge in [0, 0.05) is 37.1 Å². The number of aromatic nitrogens is 1. The number of nitrogens with zero attached hydrogens (tertiary/aromatic N) is 2. The zero-order valence-corrected chi connectivity index (χ0v) is 12.1. The first-order valence-corrected chi connectivity index (χ1v) is 7.15. The molecule has 0 aliphatic carbocycles. The number of nitrogens with one attached hydrogen (secondary N) is 1. The monoisotopic (exact) mass is 295 g/mol. The Balaban J connectivity index is 1.83. The normalized spacial score (nSPS) is 17.6. The number of alkyl halides is 1. The van der Waals surface area contributed by atoms with Gasteiger partial charge < -0.3 is 10.2 Å². The van der Waals surface area contributed by atoms with E-state index in [-0.39, 0.29) is 17.9 Å². The Bertz CT molecular complexity index is 471.